The van der Waals surface area contributed by atoms with Crippen LogP contribution in [0.15, 0.2) is 30.6 Å². The van der Waals surface area contributed by atoms with Crippen molar-refractivity contribution >= 4 is 5.91 Å². The SMILES string of the molecule is CCn1cc(C(=O)N2CCN(Cc3ccc4c(c3)OCO4)CC2)cn1. The first-order valence-electron chi connectivity index (χ1n) is 8.65. The predicted octanol–water partition coefficient (Wildman–Crippen LogP) is 1.59. The van der Waals surface area contributed by atoms with E-state index in [4.69, 9.17) is 9.47 Å². The maximum absolute atomic E-state index is 12.5. The van der Waals surface area contributed by atoms with E-state index in [1.54, 1.807) is 10.9 Å². The Balaban J connectivity index is 1.33. The van der Waals surface area contributed by atoms with E-state index in [9.17, 15) is 4.79 Å². The van der Waals surface area contributed by atoms with Gasteiger partial charge in [0.2, 0.25) is 6.79 Å². The predicted molar refractivity (Wildman–Crippen MR) is 91.6 cm³/mol. The van der Waals surface area contributed by atoms with Crippen molar-refractivity contribution in [3.05, 3.63) is 41.7 Å². The van der Waals surface area contributed by atoms with Gasteiger partial charge in [-0.05, 0) is 24.6 Å². The summed E-state index contributed by atoms with van der Waals surface area (Å²) in [6.45, 7) is 7.14. The van der Waals surface area contributed by atoms with Crippen LogP contribution in [0.3, 0.4) is 0 Å². The van der Waals surface area contributed by atoms with E-state index in [1.165, 1.54) is 5.56 Å². The van der Waals surface area contributed by atoms with Gasteiger partial charge in [-0.15, -0.1) is 0 Å². The summed E-state index contributed by atoms with van der Waals surface area (Å²) in [4.78, 5) is 16.8. The van der Waals surface area contributed by atoms with Crippen LogP contribution in [-0.2, 0) is 13.1 Å². The lowest BCUT2D eigenvalue weighted by molar-refractivity contribution is 0.0628. The quantitative estimate of drug-likeness (QED) is 0.844. The minimum Gasteiger partial charge on any atom is -0.454 e. The van der Waals surface area contributed by atoms with Gasteiger partial charge in [-0.2, -0.15) is 5.10 Å². The van der Waals surface area contributed by atoms with E-state index in [1.807, 2.05) is 30.2 Å². The maximum atomic E-state index is 12.5. The van der Waals surface area contributed by atoms with Crippen LogP contribution < -0.4 is 9.47 Å². The molecule has 1 amide bonds. The molecule has 25 heavy (non-hydrogen) atoms. The van der Waals surface area contributed by atoms with Gasteiger partial charge in [0.05, 0.1) is 11.8 Å². The summed E-state index contributed by atoms with van der Waals surface area (Å²) < 4.78 is 12.6. The second kappa shape index (κ2) is 6.76. The average molecular weight is 342 g/mol. The molecule has 1 aromatic carbocycles. The average Bonchev–Trinajstić information content (AvgIpc) is 3.30. The topological polar surface area (TPSA) is 59.8 Å². The molecule has 0 aliphatic carbocycles. The Morgan fingerprint density at radius 1 is 1.16 bits per heavy atom. The van der Waals surface area contributed by atoms with Crippen LogP contribution in [0.2, 0.25) is 0 Å². The van der Waals surface area contributed by atoms with Crippen LogP contribution in [0.1, 0.15) is 22.8 Å². The number of aryl methyl sites for hydroxylation is 1. The highest BCUT2D eigenvalue weighted by atomic mass is 16.7. The number of carbonyl (C=O) groups is 1. The van der Waals surface area contributed by atoms with Crippen molar-refractivity contribution in [1.29, 1.82) is 0 Å². The Kier molecular flexibility index (Phi) is 4.31. The molecule has 132 valence electrons. The van der Waals surface area contributed by atoms with Crippen molar-refractivity contribution < 1.29 is 14.3 Å². The molecule has 7 nitrogen and oxygen atoms in total. The second-order valence-corrected chi connectivity index (χ2v) is 6.34. The van der Waals surface area contributed by atoms with Crippen molar-refractivity contribution in [2.75, 3.05) is 33.0 Å². The van der Waals surface area contributed by atoms with Gasteiger partial charge in [-0.25, -0.2) is 0 Å². The zero-order valence-corrected chi connectivity index (χ0v) is 14.4. The second-order valence-electron chi connectivity index (χ2n) is 6.34. The molecule has 1 saturated heterocycles. The number of ether oxygens (including phenoxy) is 2. The van der Waals surface area contributed by atoms with Crippen molar-refractivity contribution in [2.45, 2.75) is 20.0 Å². The molecule has 0 N–H and O–H groups in total. The molecule has 2 aliphatic heterocycles. The van der Waals surface area contributed by atoms with E-state index < -0.39 is 0 Å². The van der Waals surface area contributed by atoms with Crippen LogP contribution in [-0.4, -0.2) is 58.5 Å². The van der Waals surface area contributed by atoms with Crippen molar-refractivity contribution in [1.82, 2.24) is 19.6 Å². The van der Waals surface area contributed by atoms with Gasteiger partial charge in [0.25, 0.3) is 5.91 Å². The monoisotopic (exact) mass is 342 g/mol. The van der Waals surface area contributed by atoms with Gasteiger partial charge < -0.3 is 14.4 Å². The zero-order chi connectivity index (χ0) is 17.2. The molecular weight excluding hydrogens is 320 g/mol. The number of hydrogen-bond acceptors (Lipinski definition) is 5. The Morgan fingerprint density at radius 2 is 1.96 bits per heavy atom. The molecule has 1 aromatic heterocycles. The van der Waals surface area contributed by atoms with Gasteiger partial charge in [-0.3, -0.25) is 14.4 Å². The summed E-state index contributed by atoms with van der Waals surface area (Å²) in [7, 11) is 0. The fraction of sp³-hybridized carbons (Fsp3) is 0.444. The first kappa shape index (κ1) is 16.0. The number of fused-ring (bicyclic) bond motifs is 1. The van der Waals surface area contributed by atoms with Gasteiger partial charge in [0.1, 0.15) is 0 Å². The smallest absolute Gasteiger partial charge is 0.257 e. The molecule has 3 heterocycles. The highest BCUT2D eigenvalue weighted by Crippen LogP contribution is 2.32. The zero-order valence-electron chi connectivity index (χ0n) is 14.4. The van der Waals surface area contributed by atoms with Crippen LogP contribution in [0.25, 0.3) is 0 Å². The first-order chi connectivity index (χ1) is 12.2. The molecule has 0 atom stereocenters. The molecule has 7 heteroatoms. The summed E-state index contributed by atoms with van der Waals surface area (Å²) in [5.41, 5.74) is 1.87. The molecule has 0 bridgehead atoms. The molecule has 0 spiro atoms. The maximum Gasteiger partial charge on any atom is 0.257 e. The van der Waals surface area contributed by atoms with Gasteiger partial charge in [0.15, 0.2) is 11.5 Å². The highest BCUT2D eigenvalue weighted by Gasteiger charge is 2.23. The molecule has 4 rings (SSSR count). The summed E-state index contributed by atoms with van der Waals surface area (Å²) >= 11 is 0. The van der Waals surface area contributed by atoms with Crippen LogP contribution in [0.5, 0.6) is 11.5 Å². The number of nitrogens with zero attached hydrogens (tertiary/aromatic N) is 4. The Labute approximate surface area is 146 Å². The standard InChI is InChI=1S/C18H22N4O3/c1-2-22-12-15(10-19-22)18(23)21-7-5-20(6-8-21)11-14-3-4-16-17(9-14)25-13-24-16/h3-4,9-10,12H,2,5-8,11,13H2,1H3. The van der Waals surface area contributed by atoms with E-state index in [0.29, 0.717) is 12.4 Å². The molecule has 0 radical (unpaired) electrons. The van der Waals surface area contributed by atoms with Gasteiger partial charge in [0, 0.05) is 45.5 Å². The Hall–Kier alpha value is -2.54. The number of carbonyl (C=O) groups excluding carboxylic acids is 1. The summed E-state index contributed by atoms with van der Waals surface area (Å²) in [6.07, 6.45) is 3.48. The van der Waals surface area contributed by atoms with Crippen molar-refractivity contribution in [2.24, 2.45) is 0 Å². The third-order valence-corrected chi connectivity index (χ3v) is 4.71. The molecule has 0 unspecified atom stereocenters. The minimum atomic E-state index is 0.0717. The molecule has 0 saturated carbocycles. The number of amides is 1. The van der Waals surface area contributed by atoms with E-state index in [2.05, 4.69) is 16.1 Å². The molecule has 2 aliphatic rings. The number of rotatable bonds is 4. The van der Waals surface area contributed by atoms with Crippen molar-refractivity contribution in [3.63, 3.8) is 0 Å². The Bertz CT molecular complexity index is 765. The van der Waals surface area contributed by atoms with E-state index in [0.717, 1.165) is 50.8 Å². The summed E-state index contributed by atoms with van der Waals surface area (Å²) in [6, 6.07) is 6.08. The van der Waals surface area contributed by atoms with Crippen LogP contribution >= 0.6 is 0 Å². The third-order valence-electron chi connectivity index (χ3n) is 4.71. The number of piperazine rings is 1. The molecule has 2 aromatic rings. The fourth-order valence-corrected chi connectivity index (χ4v) is 3.24. The Morgan fingerprint density at radius 3 is 2.72 bits per heavy atom. The fourth-order valence-electron chi connectivity index (χ4n) is 3.24. The number of aromatic nitrogens is 2. The molecular formula is C18H22N4O3. The lowest BCUT2D eigenvalue weighted by atomic mass is 10.1. The highest BCUT2D eigenvalue weighted by molar-refractivity contribution is 5.93. The summed E-state index contributed by atoms with van der Waals surface area (Å²) in [5, 5.41) is 4.19. The lowest BCUT2D eigenvalue weighted by Gasteiger charge is -2.34. The van der Waals surface area contributed by atoms with E-state index in [-0.39, 0.29) is 5.91 Å². The van der Waals surface area contributed by atoms with Crippen LogP contribution in [0.4, 0.5) is 0 Å². The minimum absolute atomic E-state index is 0.0717. The normalized spacial score (nSPS) is 17.1. The first-order valence-corrected chi connectivity index (χ1v) is 8.65. The van der Waals surface area contributed by atoms with Gasteiger partial charge in [-0.1, -0.05) is 6.07 Å². The number of benzene rings is 1. The molecule has 1 fully saturated rings. The van der Waals surface area contributed by atoms with Crippen LogP contribution in [0, 0.1) is 0 Å². The van der Waals surface area contributed by atoms with Gasteiger partial charge >= 0.3 is 0 Å². The lowest BCUT2D eigenvalue weighted by Crippen LogP contribution is -2.48. The number of hydrogen-bond donors (Lipinski definition) is 0. The summed E-state index contributed by atoms with van der Waals surface area (Å²) in [5.74, 6) is 1.70. The van der Waals surface area contributed by atoms with Crippen molar-refractivity contribution in [3.8, 4) is 11.5 Å². The largest absolute Gasteiger partial charge is 0.454 e. The third kappa shape index (κ3) is 3.32. The van der Waals surface area contributed by atoms with E-state index >= 15 is 0 Å².